The maximum absolute atomic E-state index is 13.0. The number of hydrogen-bond donors (Lipinski definition) is 1. The number of hydrogen-bond acceptors (Lipinski definition) is 3. The average molecular weight is 301 g/mol. The summed E-state index contributed by atoms with van der Waals surface area (Å²) in [6.45, 7) is 1.94. The molecule has 0 aromatic heterocycles. The predicted molar refractivity (Wildman–Crippen MR) is 79.1 cm³/mol. The molecular weight excluding hydrogens is 285 g/mol. The van der Waals surface area contributed by atoms with Crippen LogP contribution in [0.15, 0.2) is 48.5 Å². The maximum atomic E-state index is 13.0. The van der Waals surface area contributed by atoms with Crippen molar-refractivity contribution < 1.29 is 18.7 Å². The van der Waals surface area contributed by atoms with E-state index >= 15 is 0 Å². The van der Waals surface area contributed by atoms with Crippen molar-refractivity contribution in [1.29, 1.82) is 0 Å². The van der Waals surface area contributed by atoms with Gasteiger partial charge in [0.05, 0.1) is 6.04 Å². The minimum absolute atomic E-state index is 0.219. The van der Waals surface area contributed by atoms with Crippen LogP contribution in [-0.4, -0.2) is 12.2 Å². The van der Waals surface area contributed by atoms with Crippen LogP contribution in [0.4, 0.5) is 4.39 Å². The van der Waals surface area contributed by atoms with E-state index in [9.17, 15) is 9.18 Å². The zero-order chi connectivity index (χ0) is 15.5. The average Bonchev–Trinajstić information content (AvgIpc) is 2.97. The van der Waals surface area contributed by atoms with E-state index in [2.05, 4.69) is 5.32 Å². The van der Waals surface area contributed by atoms with Gasteiger partial charge in [-0.15, -0.1) is 0 Å². The number of benzene rings is 2. The standard InChI is InChI=1S/C17H16FNO3/c1-2-13(11-7-9-12(18)10-8-11)19-16(20)17-21-14-5-3-4-6-15(14)22-17/h3-10,13,17H,2H2,1H3,(H,19,20)/t13-/m0/s1. The molecule has 0 radical (unpaired) electrons. The van der Waals surface area contributed by atoms with Gasteiger partial charge < -0.3 is 14.8 Å². The number of amides is 1. The smallest absolute Gasteiger partial charge is 0.321 e. The summed E-state index contributed by atoms with van der Waals surface area (Å²) in [5.74, 6) is 0.449. The first-order valence-electron chi connectivity index (χ1n) is 7.15. The van der Waals surface area contributed by atoms with Crippen LogP contribution in [-0.2, 0) is 4.79 Å². The van der Waals surface area contributed by atoms with Crippen LogP contribution in [0.1, 0.15) is 24.9 Å². The molecule has 0 fully saturated rings. The number of para-hydroxylation sites is 2. The van der Waals surface area contributed by atoms with Crippen LogP contribution in [0, 0.1) is 5.82 Å². The van der Waals surface area contributed by atoms with Gasteiger partial charge in [-0.2, -0.15) is 0 Å². The monoisotopic (exact) mass is 301 g/mol. The third-order valence-corrected chi connectivity index (χ3v) is 3.53. The number of carbonyl (C=O) groups excluding carboxylic acids is 1. The summed E-state index contributed by atoms with van der Waals surface area (Å²) in [5, 5.41) is 2.87. The zero-order valence-corrected chi connectivity index (χ0v) is 12.1. The molecular formula is C17H16FNO3. The summed E-state index contributed by atoms with van der Waals surface area (Å²) in [6, 6.07) is 13.0. The van der Waals surface area contributed by atoms with Crippen molar-refractivity contribution in [2.45, 2.75) is 25.7 Å². The summed E-state index contributed by atoms with van der Waals surface area (Å²) in [5.41, 5.74) is 0.841. The summed E-state index contributed by atoms with van der Waals surface area (Å²) in [6.07, 6.45) is -0.316. The molecule has 4 nitrogen and oxygen atoms in total. The number of fused-ring (bicyclic) bond motifs is 1. The molecule has 0 unspecified atom stereocenters. The lowest BCUT2D eigenvalue weighted by molar-refractivity contribution is -0.137. The van der Waals surface area contributed by atoms with Crippen molar-refractivity contribution in [2.24, 2.45) is 0 Å². The fourth-order valence-electron chi connectivity index (χ4n) is 2.36. The van der Waals surface area contributed by atoms with Crippen LogP contribution in [0.3, 0.4) is 0 Å². The second-order valence-electron chi connectivity index (χ2n) is 5.04. The number of ether oxygens (including phenoxy) is 2. The largest absolute Gasteiger partial charge is 0.442 e. The lowest BCUT2D eigenvalue weighted by Crippen LogP contribution is -2.41. The minimum Gasteiger partial charge on any atom is -0.442 e. The van der Waals surface area contributed by atoms with Gasteiger partial charge in [-0.25, -0.2) is 4.39 Å². The highest BCUT2D eigenvalue weighted by atomic mass is 19.1. The fourth-order valence-corrected chi connectivity index (χ4v) is 2.36. The molecule has 0 saturated heterocycles. The van der Waals surface area contributed by atoms with Crippen LogP contribution >= 0.6 is 0 Å². The van der Waals surface area contributed by atoms with Gasteiger partial charge >= 0.3 is 12.2 Å². The quantitative estimate of drug-likeness (QED) is 0.943. The van der Waals surface area contributed by atoms with Crippen molar-refractivity contribution in [2.75, 3.05) is 0 Å². The molecule has 1 heterocycles. The van der Waals surface area contributed by atoms with Gasteiger partial charge in [0.25, 0.3) is 0 Å². The third kappa shape index (κ3) is 2.88. The Kier molecular flexibility index (Phi) is 3.96. The van der Waals surface area contributed by atoms with Crippen LogP contribution in [0.25, 0.3) is 0 Å². The highest BCUT2D eigenvalue weighted by Gasteiger charge is 2.31. The van der Waals surface area contributed by atoms with Crippen molar-refractivity contribution in [3.8, 4) is 11.5 Å². The first-order chi connectivity index (χ1) is 10.7. The summed E-state index contributed by atoms with van der Waals surface area (Å²) in [4.78, 5) is 12.3. The Morgan fingerprint density at radius 2 is 1.73 bits per heavy atom. The number of nitrogens with one attached hydrogen (secondary N) is 1. The fraction of sp³-hybridized carbons (Fsp3) is 0.235. The lowest BCUT2D eigenvalue weighted by atomic mass is 10.0. The molecule has 2 aromatic rings. The highest BCUT2D eigenvalue weighted by molar-refractivity contribution is 5.81. The summed E-state index contributed by atoms with van der Waals surface area (Å²) in [7, 11) is 0. The predicted octanol–water partition coefficient (Wildman–Crippen LogP) is 3.19. The first kappa shape index (κ1) is 14.4. The molecule has 2 aromatic carbocycles. The number of rotatable bonds is 4. The number of halogens is 1. The van der Waals surface area contributed by atoms with Gasteiger partial charge in [-0.1, -0.05) is 31.2 Å². The van der Waals surface area contributed by atoms with Crippen LogP contribution in [0.2, 0.25) is 0 Å². The Bertz CT molecular complexity index is 647. The van der Waals surface area contributed by atoms with Crippen molar-refractivity contribution >= 4 is 5.91 Å². The Hall–Kier alpha value is -2.56. The van der Waals surface area contributed by atoms with Crippen LogP contribution in [0.5, 0.6) is 11.5 Å². The maximum Gasteiger partial charge on any atom is 0.321 e. The zero-order valence-electron chi connectivity index (χ0n) is 12.1. The molecule has 5 heteroatoms. The lowest BCUT2D eigenvalue weighted by Gasteiger charge is -2.19. The van der Waals surface area contributed by atoms with Gasteiger partial charge in [-0.05, 0) is 36.2 Å². The molecule has 1 atom stereocenters. The van der Waals surface area contributed by atoms with Gasteiger partial charge in [-0.3, -0.25) is 4.79 Å². The molecule has 1 aliphatic heterocycles. The van der Waals surface area contributed by atoms with Crippen molar-refractivity contribution in [3.05, 3.63) is 59.9 Å². The first-order valence-corrected chi connectivity index (χ1v) is 7.15. The molecule has 0 aliphatic carbocycles. The Labute approximate surface area is 127 Å². The molecule has 0 spiro atoms. The van der Waals surface area contributed by atoms with E-state index in [1.165, 1.54) is 12.1 Å². The molecule has 0 saturated carbocycles. The van der Waals surface area contributed by atoms with Gasteiger partial charge in [0, 0.05) is 0 Å². The van der Waals surface area contributed by atoms with E-state index in [1.807, 2.05) is 19.1 Å². The molecule has 114 valence electrons. The SMILES string of the molecule is CC[C@H](NC(=O)C1Oc2ccccc2O1)c1ccc(F)cc1. The Morgan fingerprint density at radius 1 is 1.14 bits per heavy atom. The minimum atomic E-state index is -0.994. The molecule has 0 bridgehead atoms. The topological polar surface area (TPSA) is 47.6 Å². The van der Waals surface area contributed by atoms with Gasteiger partial charge in [0.1, 0.15) is 5.82 Å². The molecule has 1 amide bonds. The third-order valence-electron chi connectivity index (χ3n) is 3.53. The summed E-state index contributed by atoms with van der Waals surface area (Å²) >= 11 is 0. The second kappa shape index (κ2) is 6.05. The number of carbonyl (C=O) groups is 1. The van der Waals surface area contributed by atoms with E-state index in [0.717, 1.165) is 5.56 Å². The normalized spacial score (nSPS) is 14.6. The summed E-state index contributed by atoms with van der Waals surface area (Å²) < 4.78 is 23.9. The molecule has 22 heavy (non-hydrogen) atoms. The van der Waals surface area contributed by atoms with Crippen LogP contribution < -0.4 is 14.8 Å². The van der Waals surface area contributed by atoms with Gasteiger partial charge in [0.15, 0.2) is 11.5 Å². The van der Waals surface area contributed by atoms with E-state index in [1.54, 1.807) is 24.3 Å². The Balaban J connectivity index is 1.67. The van der Waals surface area contributed by atoms with E-state index in [4.69, 9.17) is 9.47 Å². The Morgan fingerprint density at radius 3 is 2.27 bits per heavy atom. The second-order valence-corrected chi connectivity index (χ2v) is 5.04. The van der Waals surface area contributed by atoms with E-state index in [0.29, 0.717) is 17.9 Å². The molecule has 1 N–H and O–H groups in total. The molecule has 1 aliphatic rings. The van der Waals surface area contributed by atoms with E-state index < -0.39 is 6.29 Å². The molecule has 3 rings (SSSR count). The van der Waals surface area contributed by atoms with E-state index in [-0.39, 0.29) is 17.8 Å². The van der Waals surface area contributed by atoms with Crippen molar-refractivity contribution in [1.82, 2.24) is 5.32 Å². The van der Waals surface area contributed by atoms with Crippen molar-refractivity contribution in [3.63, 3.8) is 0 Å². The highest BCUT2D eigenvalue weighted by Crippen LogP contribution is 2.34. The van der Waals surface area contributed by atoms with Gasteiger partial charge in [0.2, 0.25) is 0 Å².